The smallest absolute Gasteiger partial charge is 0.410 e. The summed E-state index contributed by atoms with van der Waals surface area (Å²) in [6, 6.07) is 5.32. The summed E-state index contributed by atoms with van der Waals surface area (Å²) >= 11 is 0. The number of anilines is 1. The molecule has 2 aliphatic heterocycles. The van der Waals surface area contributed by atoms with E-state index in [1.807, 2.05) is 40.7 Å². The summed E-state index contributed by atoms with van der Waals surface area (Å²) in [7, 11) is 1.35. The van der Waals surface area contributed by atoms with Gasteiger partial charge in [0.05, 0.1) is 18.1 Å². The predicted octanol–water partition coefficient (Wildman–Crippen LogP) is 3.74. The van der Waals surface area contributed by atoms with Crippen LogP contribution in [0.15, 0.2) is 18.2 Å². The van der Waals surface area contributed by atoms with E-state index in [1.54, 1.807) is 21.9 Å². The standard InChI is InChI=1S/C23H32N2O5/c1-22(2,3)30-21(28)24-11-9-15(10-12-24)14-25-18-13-16(19(26)29-6)7-8-17(18)23(4,5)20(25)27/h7-8,13,15H,9-12,14H2,1-6H3. The van der Waals surface area contributed by atoms with Gasteiger partial charge in [0, 0.05) is 25.3 Å². The van der Waals surface area contributed by atoms with Gasteiger partial charge < -0.3 is 19.3 Å². The van der Waals surface area contributed by atoms with Gasteiger partial charge in [0.1, 0.15) is 5.60 Å². The second-order valence-corrected chi connectivity index (χ2v) is 9.68. The topological polar surface area (TPSA) is 76.2 Å². The average molecular weight is 417 g/mol. The highest BCUT2D eigenvalue weighted by molar-refractivity contribution is 6.08. The van der Waals surface area contributed by atoms with Crippen LogP contribution in [0, 0.1) is 5.92 Å². The molecule has 0 aliphatic carbocycles. The van der Waals surface area contributed by atoms with Crippen LogP contribution in [-0.2, 0) is 19.7 Å². The Balaban J connectivity index is 1.72. The molecule has 164 valence electrons. The van der Waals surface area contributed by atoms with Crippen LogP contribution in [0.2, 0.25) is 0 Å². The van der Waals surface area contributed by atoms with Crippen LogP contribution in [0.4, 0.5) is 10.5 Å². The number of carbonyl (C=O) groups is 3. The van der Waals surface area contributed by atoms with E-state index >= 15 is 0 Å². The number of fused-ring (bicyclic) bond motifs is 1. The number of likely N-dealkylation sites (tertiary alicyclic amines) is 1. The van der Waals surface area contributed by atoms with Crippen LogP contribution in [0.1, 0.15) is 63.4 Å². The number of ether oxygens (including phenoxy) is 2. The number of amides is 2. The Bertz CT molecular complexity index is 848. The molecule has 30 heavy (non-hydrogen) atoms. The van der Waals surface area contributed by atoms with E-state index in [1.165, 1.54) is 7.11 Å². The highest BCUT2D eigenvalue weighted by Crippen LogP contribution is 2.43. The van der Waals surface area contributed by atoms with Crippen molar-refractivity contribution in [2.24, 2.45) is 5.92 Å². The summed E-state index contributed by atoms with van der Waals surface area (Å²) < 4.78 is 10.3. The highest BCUT2D eigenvalue weighted by atomic mass is 16.6. The molecule has 3 rings (SSSR count). The van der Waals surface area contributed by atoms with Gasteiger partial charge in [0.25, 0.3) is 0 Å². The summed E-state index contributed by atoms with van der Waals surface area (Å²) in [6.07, 6.45) is 1.32. The molecule has 2 aliphatic rings. The fourth-order valence-corrected chi connectivity index (χ4v) is 4.15. The molecule has 0 bridgehead atoms. The van der Waals surface area contributed by atoms with E-state index in [-0.39, 0.29) is 17.9 Å². The van der Waals surface area contributed by atoms with Gasteiger partial charge >= 0.3 is 12.1 Å². The SMILES string of the molecule is COC(=O)c1ccc2c(c1)N(CC1CCN(C(=O)OC(C)(C)C)CC1)C(=O)C2(C)C. The molecule has 0 spiro atoms. The zero-order chi connectivity index (χ0) is 22.3. The fourth-order valence-electron chi connectivity index (χ4n) is 4.15. The van der Waals surface area contributed by atoms with Crippen molar-refractivity contribution in [1.82, 2.24) is 4.90 Å². The van der Waals surface area contributed by atoms with Crippen LogP contribution in [0.5, 0.6) is 0 Å². The number of carbonyl (C=O) groups excluding carboxylic acids is 3. The molecule has 1 aromatic rings. The third-order valence-corrected chi connectivity index (χ3v) is 5.87. The van der Waals surface area contributed by atoms with Crippen molar-refractivity contribution in [2.75, 3.05) is 31.6 Å². The van der Waals surface area contributed by atoms with Gasteiger partial charge in [-0.25, -0.2) is 9.59 Å². The predicted molar refractivity (Wildman–Crippen MR) is 114 cm³/mol. The Kier molecular flexibility index (Phi) is 5.85. The summed E-state index contributed by atoms with van der Waals surface area (Å²) in [5, 5.41) is 0. The zero-order valence-electron chi connectivity index (χ0n) is 18.8. The lowest BCUT2D eigenvalue weighted by Gasteiger charge is -2.35. The van der Waals surface area contributed by atoms with Crippen molar-refractivity contribution in [1.29, 1.82) is 0 Å². The summed E-state index contributed by atoms with van der Waals surface area (Å²) in [6.45, 7) is 11.2. The Morgan fingerprint density at radius 2 is 1.80 bits per heavy atom. The largest absolute Gasteiger partial charge is 0.465 e. The monoisotopic (exact) mass is 416 g/mol. The summed E-state index contributed by atoms with van der Waals surface area (Å²) in [5.41, 5.74) is 0.990. The zero-order valence-corrected chi connectivity index (χ0v) is 18.8. The molecule has 0 unspecified atom stereocenters. The molecule has 0 atom stereocenters. The van der Waals surface area contributed by atoms with Crippen LogP contribution < -0.4 is 4.90 Å². The number of benzene rings is 1. The van der Waals surface area contributed by atoms with E-state index in [0.29, 0.717) is 25.2 Å². The number of methoxy groups -OCH3 is 1. The molecule has 0 N–H and O–H groups in total. The molecular formula is C23H32N2O5. The van der Waals surface area contributed by atoms with E-state index in [4.69, 9.17) is 9.47 Å². The quantitative estimate of drug-likeness (QED) is 0.702. The van der Waals surface area contributed by atoms with Crippen LogP contribution in [-0.4, -0.2) is 55.2 Å². The number of esters is 1. The summed E-state index contributed by atoms with van der Waals surface area (Å²) in [5.74, 6) is -0.106. The van der Waals surface area contributed by atoms with Gasteiger partial charge in [-0.3, -0.25) is 4.79 Å². The first kappa shape index (κ1) is 22.1. The molecule has 2 amide bonds. The van der Waals surface area contributed by atoms with E-state index < -0.39 is 17.0 Å². The van der Waals surface area contributed by atoms with E-state index in [2.05, 4.69) is 0 Å². The number of nitrogens with zero attached hydrogens (tertiary/aromatic N) is 2. The van der Waals surface area contributed by atoms with Gasteiger partial charge in [0.15, 0.2) is 0 Å². The maximum Gasteiger partial charge on any atom is 0.410 e. The lowest BCUT2D eigenvalue weighted by molar-refractivity contribution is -0.122. The van der Waals surface area contributed by atoms with Gasteiger partial charge in [-0.1, -0.05) is 6.07 Å². The molecule has 0 saturated carbocycles. The number of piperidine rings is 1. The van der Waals surface area contributed by atoms with Crippen LogP contribution in [0.3, 0.4) is 0 Å². The first-order chi connectivity index (χ1) is 13.9. The van der Waals surface area contributed by atoms with Gasteiger partial charge in [-0.2, -0.15) is 0 Å². The van der Waals surface area contributed by atoms with Crippen molar-refractivity contribution in [3.8, 4) is 0 Å². The van der Waals surface area contributed by atoms with Crippen molar-refractivity contribution in [3.63, 3.8) is 0 Å². The molecule has 1 aromatic carbocycles. The van der Waals surface area contributed by atoms with Crippen LogP contribution >= 0.6 is 0 Å². The highest BCUT2D eigenvalue weighted by Gasteiger charge is 2.45. The minimum atomic E-state index is -0.638. The molecular weight excluding hydrogens is 384 g/mol. The maximum atomic E-state index is 13.2. The second-order valence-electron chi connectivity index (χ2n) is 9.68. The van der Waals surface area contributed by atoms with Gasteiger partial charge in [0.2, 0.25) is 5.91 Å². The third-order valence-electron chi connectivity index (χ3n) is 5.87. The van der Waals surface area contributed by atoms with Crippen LogP contribution in [0.25, 0.3) is 0 Å². The third kappa shape index (κ3) is 4.30. The molecule has 7 nitrogen and oxygen atoms in total. The molecule has 0 radical (unpaired) electrons. The minimum Gasteiger partial charge on any atom is -0.465 e. The second kappa shape index (κ2) is 7.93. The Hall–Kier alpha value is -2.57. The van der Waals surface area contributed by atoms with Crippen molar-refractivity contribution in [2.45, 2.75) is 58.5 Å². The lowest BCUT2D eigenvalue weighted by Crippen LogP contribution is -2.45. The van der Waals surface area contributed by atoms with E-state index in [9.17, 15) is 14.4 Å². The fraction of sp³-hybridized carbons (Fsp3) is 0.609. The Morgan fingerprint density at radius 3 is 2.37 bits per heavy atom. The normalized spacial score (nSPS) is 18.9. The molecule has 1 fully saturated rings. The first-order valence-corrected chi connectivity index (χ1v) is 10.5. The molecule has 2 heterocycles. The van der Waals surface area contributed by atoms with E-state index in [0.717, 1.165) is 24.1 Å². The number of hydrogen-bond donors (Lipinski definition) is 0. The average Bonchev–Trinajstić information content (AvgIpc) is 2.87. The maximum absolute atomic E-state index is 13.2. The number of hydrogen-bond acceptors (Lipinski definition) is 5. The minimum absolute atomic E-state index is 0.0362. The summed E-state index contributed by atoms with van der Waals surface area (Å²) in [4.78, 5) is 41.0. The van der Waals surface area contributed by atoms with Gasteiger partial charge in [-0.15, -0.1) is 0 Å². The molecule has 7 heteroatoms. The van der Waals surface area contributed by atoms with Crippen molar-refractivity contribution in [3.05, 3.63) is 29.3 Å². The Labute approximate surface area is 178 Å². The number of rotatable bonds is 3. The van der Waals surface area contributed by atoms with Gasteiger partial charge in [-0.05, 0) is 71.1 Å². The Morgan fingerprint density at radius 1 is 1.17 bits per heavy atom. The first-order valence-electron chi connectivity index (χ1n) is 10.5. The molecule has 0 aromatic heterocycles. The van der Waals surface area contributed by atoms with Crippen molar-refractivity contribution < 1.29 is 23.9 Å². The molecule has 1 saturated heterocycles. The van der Waals surface area contributed by atoms with Crippen molar-refractivity contribution >= 4 is 23.7 Å². The lowest BCUT2D eigenvalue weighted by atomic mass is 9.86.